The van der Waals surface area contributed by atoms with Gasteiger partial charge in [0.2, 0.25) is 0 Å². The van der Waals surface area contributed by atoms with E-state index in [-0.39, 0.29) is 0 Å². The molecule has 0 aromatic carbocycles. The summed E-state index contributed by atoms with van der Waals surface area (Å²) >= 11 is 0. The summed E-state index contributed by atoms with van der Waals surface area (Å²) < 4.78 is 0. The lowest BCUT2D eigenvalue weighted by molar-refractivity contribution is 0.317. The predicted octanol–water partition coefficient (Wildman–Crippen LogP) is 1.78. The monoisotopic (exact) mass is 207 g/mol. The Labute approximate surface area is 89.8 Å². The third kappa shape index (κ3) is 4.08. The minimum atomic E-state index is 0.695. The van der Waals surface area contributed by atoms with Gasteiger partial charge in [-0.2, -0.15) is 0 Å². The molecule has 0 unspecified atom stereocenters. The number of nitrogens with two attached hydrogens (primary N) is 1. The van der Waals surface area contributed by atoms with Crippen molar-refractivity contribution in [3.8, 4) is 0 Å². The van der Waals surface area contributed by atoms with Crippen molar-refractivity contribution >= 4 is 5.71 Å². The van der Waals surface area contributed by atoms with Gasteiger partial charge in [-0.1, -0.05) is 11.6 Å². The van der Waals surface area contributed by atoms with Crippen molar-refractivity contribution in [3.05, 3.63) is 30.1 Å². The first-order valence-electron chi connectivity index (χ1n) is 5.20. The summed E-state index contributed by atoms with van der Waals surface area (Å²) in [6.07, 6.45) is 7.25. The second-order valence-electron chi connectivity index (χ2n) is 3.39. The Morgan fingerprint density at radius 2 is 2.27 bits per heavy atom. The van der Waals surface area contributed by atoms with Crippen LogP contribution in [0.15, 0.2) is 29.7 Å². The van der Waals surface area contributed by atoms with E-state index in [0.29, 0.717) is 5.71 Å². The fraction of sp³-hybridized carbons (Fsp3) is 0.455. The van der Waals surface area contributed by atoms with Crippen LogP contribution in [0.3, 0.4) is 0 Å². The second kappa shape index (κ2) is 6.95. The average Bonchev–Trinajstić information content (AvgIpc) is 2.30. The van der Waals surface area contributed by atoms with Crippen molar-refractivity contribution in [2.75, 3.05) is 6.54 Å². The Balaban J connectivity index is 2.44. The van der Waals surface area contributed by atoms with E-state index < -0.39 is 0 Å². The van der Waals surface area contributed by atoms with Crippen LogP contribution in [-0.4, -0.2) is 22.4 Å². The van der Waals surface area contributed by atoms with Crippen LogP contribution >= 0.6 is 0 Å². The molecule has 4 heteroatoms. The summed E-state index contributed by atoms with van der Waals surface area (Å²) in [5.74, 6) is 0. The molecule has 0 saturated carbocycles. The fourth-order valence-electron chi connectivity index (χ4n) is 1.40. The highest BCUT2D eigenvalue weighted by molar-refractivity contribution is 5.99. The topological polar surface area (TPSA) is 71.5 Å². The fourth-order valence-corrected chi connectivity index (χ4v) is 1.40. The highest BCUT2D eigenvalue weighted by Gasteiger charge is 2.03. The summed E-state index contributed by atoms with van der Waals surface area (Å²) in [7, 11) is 0. The molecule has 0 aliphatic heterocycles. The lowest BCUT2D eigenvalue weighted by Gasteiger charge is -2.03. The van der Waals surface area contributed by atoms with Gasteiger partial charge >= 0.3 is 0 Å². The molecule has 0 amide bonds. The van der Waals surface area contributed by atoms with Gasteiger partial charge in [-0.25, -0.2) is 0 Å². The molecule has 0 aliphatic rings. The van der Waals surface area contributed by atoms with Crippen LogP contribution < -0.4 is 5.73 Å². The molecule has 0 spiro atoms. The number of hydrogen-bond acceptors (Lipinski definition) is 4. The summed E-state index contributed by atoms with van der Waals surface area (Å²) in [5, 5.41) is 12.2. The normalized spacial score (nSPS) is 11.7. The minimum Gasteiger partial charge on any atom is -0.411 e. The smallest absolute Gasteiger partial charge is 0.0883 e. The van der Waals surface area contributed by atoms with E-state index in [1.165, 1.54) is 0 Å². The number of unbranched alkanes of at least 4 members (excludes halogenated alkanes) is 2. The predicted molar refractivity (Wildman–Crippen MR) is 60.1 cm³/mol. The van der Waals surface area contributed by atoms with Crippen molar-refractivity contribution in [2.45, 2.75) is 25.7 Å². The summed E-state index contributed by atoms with van der Waals surface area (Å²) in [6, 6.07) is 3.73. The number of aromatic nitrogens is 1. The molecule has 0 fully saturated rings. The van der Waals surface area contributed by atoms with Gasteiger partial charge in [0, 0.05) is 18.0 Å². The molecule has 1 rings (SSSR count). The Hall–Kier alpha value is -1.42. The molecule has 0 saturated heterocycles. The first-order valence-corrected chi connectivity index (χ1v) is 5.20. The largest absolute Gasteiger partial charge is 0.411 e. The van der Waals surface area contributed by atoms with Crippen molar-refractivity contribution < 1.29 is 5.21 Å². The highest BCUT2D eigenvalue weighted by Crippen LogP contribution is 2.07. The minimum absolute atomic E-state index is 0.695. The Bertz CT molecular complexity index is 298. The second-order valence-corrected chi connectivity index (χ2v) is 3.39. The molecular weight excluding hydrogens is 190 g/mol. The Morgan fingerprint density at radius 1 is 1.40 bits per heavy atom. The zero-order chi connectivity index (χ0) is 10.9. The maximum Gasteiger partial charge on any atom is 0.0883 e. The quantitative estimate of drug-likeness (QED) is 0.323. The summed E-state index contributed by atoms with van der Waals surface area (Å²) in [4.78, 5) is 3.99. The third-order valence-corrected chi connectivity index (χ3v) is 2.23. The van der Waals surface area contributed by atoms with Crippen LogP contribution in [0, 0.1) is 0 Å². The van der Waals surface area contributed by atoms with Crippen molar-refractivity contribution in [3.63, 3.8) is 0 Å². The van der Waals surface area contributed by atoms with Gasteiger partial charge in [0.05, 0.1) is 5.71 Å². The maximum absolute atomic E-state index is 8.87. The van der Waals surface area contributed by atoms with Gasteiger partial charge < -0.3 is 10.9 Å². The van der Waals surface area contributed by atoms with Gasteiger partial charge in [-0.3, -0.25) is 4.98 Å². The molecule has 0 atom stereocenters. The highest BCUT2D eigenvalue weighted by atomic mass is 16.4. The Morgan fingerprint density at radius 3 is 2.87 bits per heavy atom. The van der Waals surface area contributed by atoms with Crippen LogP contribution in [-0.2, 0) is 0 Å². The lowest BCUT2D eigenvalue weighted by atomic mass is 10.1. The maximum atomic E-state index is 8.87. The van der Waals surface area contributed by atoms with Crippen LogP contribution in [0.5, 0.6) is 0 Å². The van der Waals surface area contributed by atoms with Gasteiger partial charge in [0.15, 0.2) is 0 Å². The molecule has 0 bridgehead atoms. The number of nitrogens with zero attached hydrogens (tertiary/aromatic N) is 2. The van der Waals surface area contributed by atoms with Crippen LogP contribution in [0.25, 0.3) is 0 Å². The van der Waals surface area contributed by atoms with Crippen molar-refractivity contribution in [1.82, 2.24) is 4.98 Å². The SMILES string of the molecule is NCCCCCC(=NO)c1cccnc1. The molecule has 15 heavy (non-hydrogen) atoms. The van der Waals surface area contributed by atoms with Crippen LogP contribution in [0.1, 0.15) is 31.2 Å². The van der Waals surface area contributed by atoms with E-state index in [1.54, 1.807) is 12.4 Å². The first-order chi connectivity index (χ1) is 7.38. The molecule has 4 nitrogen and oxygen atoms in total. The molecule has 3 N–H and O–H groups in total. The standard InChI is InChI=1S/C11H17N3O/c12-7-3-1-2-6-11(14-15)10-5-4-8-13-9-10/h4-5,8-9,15H,1-3,6-7,12H2. The van der Waals surface area contributed by atoms with Gasteiger partial charge in [0.1, 0.15) is 0 Å². The van der Waals surface area contributed by atoms with E-state index in [9.17, 15) is 0 Å². The van der Waals surface area contributed by atoms with Crippen LogP contribution in [0.2, 0.25) is 0 Å². The van der Waals surface area contributed by atoms with E-state index in [0.717, 1.165) is 37.8 Å². The van der Waals surface area contributed by atoms with E-state index in [2.05, 4.69) is 10.1 Å². The summed E-state index contributed by atoms with van der Waals surface area (Å²) in [5.41, 5.74) is 6.98. The van der Waals surface area contributed by atoms with Gasteiger partial charge in [0.25, 0.3) is 0 Å². The van der Waals surface area contributed by atoms with E-state index in [4.69, 9.17) is 10.9 Å². The zero-order valence-corrected chi connectivity index (χ0v) is 8.76. The number of rotatable bonds is 6. The van der Waals surface area contributed by atoms with Crippen molar-refractivity contribution in [1.29, 1.82) is 0 Å². The molecule has 82 valence electrons. The zero-order valence-electron chi connectivity index (χ0n) is 8.76. The average molecular weight is 207 g/mol. The molecule has 1 aromatic heterocycles. The van der Waals surface area contributed by atoms with E-state index in [1.807, 2.05) is 12.1 Å². The summed E-state index contributed by atoms with van der Waals surface area (Å²) in [6.45, 7) is 0.721. The van der Waals surface area contributed by atoms with Gasteiger partial charge in [-0.15, -0.1) is 0 Å². The molecule has 0 aliphatic carbocycles. The molecule has 1 aromatic rings. The first kappa shape index (κ1) is 11.7. The molecule has 1 heterocycles. The Kier molecular flexibility index (Phi) is 5.40. The number of hydrogen-bond donors (Lipinski definition) is 2. The third-order valence-electron chi connectivity index (χ3n) is 2.23. The van der Waals surface area contributed by atoms with E-state index >= 15 is 0 Å². The molecule has 0 radical (unpaired) electrons. The van der Waals surface area contributed by atoms with Crippen LogP contribution in [0.4, 0.5) is 0 Å². The number of oxime groups is 1. The molecular formula is C11H17N3O. The number of pyridine rings is 1. The van der Waals surface area contributed by atoms with Gasteiger partial charge in [-0.05, 0) is 37.9 Å². The lowest BCUT2D eigenvalue weighted by Crippen LogP contribution is -2.03. The van der Waals surface area contributed by atoms with Crippen molar-refractivity contribution in [2.24, 2.45) is 10.9 Å².